The maximum absolute atomic E-state index is 12.6. The Morgan fingerprint density at radius 2 is 1.76 bits per heavy atom. The lowest BCUT2D eigenvalue weighted by Gasteiger charge is -2.10. The van der Waals surface area contributed by atoms with E-state index in [1.165, 1.54) is 0 Å². The molecule has 1 aromatic carbocycles. The minimum atomic E-state index is -0.364. The number of nitrogens with zero attached hydrogens (tertiary/aromatic N) is 2. The van der Waals surface area contributed by atoms with Crippen LogP contribution in [0.1, 0.15) is 20.7 Å². The minimum absolute atomic E-state index is 0.134. The van der Waals surface area contributed by atoms with Crippen molar-refractivity contribution in [3.63, 3.8) is 0 Å². The fourth-order valence-electron chi connectivity index (χ4n) is 2.63. The van der Waals surface area contributed by atoms with E-state index in [9.17, 15) is 9.59 Å². The van der Waals surface area contributed by atoms with Gasteiger partial charge in [0.25, 0.3) is 11.8 Å². The molecule has 29 heavy (non-hydrogen) atoms. The number of benzene rings is 1. The Hall–Kier alpha value is -3.78. The highest BCUT2D eigenvalue weighted by Crippen LogP contribution is 2.23. The Kier molecular flexibility index (Phi) is 6.49. The second-order valence-corrected chi connectivity index (χ2v) is 6.17. The maximum Gasteiger partial charge on any atom is 0.259 e. The number of methoxy groups -OCH3 is 1. The lowest BCUT2D eigenvalue weighted by Crippen LogP contribution is -2.26. The fraction of sp³-hybridized carbons (Fsp3) is 0.143. The van der Waals surface area contributed by atoms with Crippen LogP contribution in [0.2, 0.25) is 0 Å². The number of hydrogen-bond acceptors (Lipinski definition) is 6. The summed E-state index contributed by atoms with van der Waals surface area (Å²) in [6.07, 6.45) is 4.76. The summed E-state index contributed by atoms with van der Waals surface area (Å²) in [5.74, 6) is -0.409. The predicted molar refractivity (Wildman–Crippen MR) is 110 cm³/mol. The van der Waals surface area contributed by atoms with E-state index < -0.39 is 0 Å². The van der Waals surface area contributed by atoms with Gasteiger partial charge in [-0.2, -0.15) is 0 Å². The van der Waals surface area contributed by atoms with Gasteiger partial charge in [0.15, 0.2) is 0 Å². The van der Waals surface area contributed by atoms with Crippen LogP contribution in [0.25, 0.3) is 11.1 Å². The molecule has 0 atom stereocenters. The van der Waals surface area contributed by atoms with Crippen LogP contribution in [0, 0.1) is 0 Å². The second-order valence-electron chi connectivity index (χ2n) is 6.17. The predicted octanol–water partition coefficient (Wildman–Crippen LogP) is 2.35. The first-order valence-corrected chi connectivity index (χ1v) is 8.93. The Morgan fingerprint density at radius 1 is 1.03 bits per heavy atom. The van der Waals surface area contributed by atoms with E-state index in [0.29, 0.717) is 30.0 Å². The highest BCUT2D eigenvalue weighted by Gasteiger charge is 2.13. The number of anilines is 2. The summed E-state index contributed by atoms with van der Waals surface area (Å²) in [7, 11) is 1.58. The molecular weight excluding hydrogens is 370 g/mol. The van der Waals surface area contributed by atoms with Crippen molar-refractivity contribution >= 4 is 23.3 Å². The molecule has 3 rings (SSSR count). The van der Waals surface area contributed by atoms with Gasteiger partial charge < -0.3 is 21.1 Å². The van der Waals surface area contributed by atoms with Crippen LogP contribution in [0.4, 0.5) is 11.5 Å². The van der Waals surface area contributed by atoms with E-state index in [-0.39, 0.29) is 23.2 Å². The first kappa shape index (κ1) is 20.0. The van der Waals surface area contributed by atoms with E-state index in [2.05, 4.69) is 20.6 Å². The highest BCUT2D eigenvalue weighted by atomic mass is 16.5. The smallest absolute Gasteiger partial charge is 0.259 e. The number of pyridine rings is 2. The number of carbonyl (C=O) groups is 2. The number of amides is 2. The molecule has 4 N–H and O–H groups in total. The number of aromatic nitrogens is 2. The third-order valence-corrected chi connectivity index (χ3v) is 4.17. The topological polar surface area (TPSA) is 119 Å². The molecule has 148 valence electrons. The number of nitrogen functional groups attached to an aromatic ring is 1. The Morgan fingerprint density at radius 3 is 2.45 bits per heavy atom. The van der Waals surface area contributed by atoms with Crippen LogP contribution in [-0.4, -0.2) is 42.0 Å². The number of nitrogens with one attached hydrogen (secondary N) is 2. The number of ether oxygens (including phenoxy) is 1. The third kappa shape index (κ3) is 5.14. The molecule has 0 spiro atoms. The van der Waals surface area contributed by atoms with Crippen molar-refractivity contribution in [2.24, 2.45) is 0 Å². The zero-order valence-corrected chi connectivity index (χ0v) is 15.9. The fourth-order valence-corrected chi connectivity index (χ4v) is 2.63. The van der Waals surface area contributed by atoms with Crippen molar-refractivity contribution in [2.45, 2.75) is 0 Å². The van der Waals surface area contributed by atoms with Crippen molar-refractivity contribution in [3.05, 3.63) is 72.2 Å². The average molecular weight is 391 g/mol. The summed E-state index contributed by atoms with van der Waals surface area (Å²) < 4.78 is 4.92. The van der Waals surface area contributed by atoms with Gasteiger partial charge in [-0.1, -0.05) is 12.1 Å². The normalized spacial score (nSPS) is 10.4. The highest BCUT2D eigenvalue weighted by molar-refractivity contribution is 6.07. The van der Waals surface area contributed by atoms with Crippen LogP contribution in [0.3, 0.4) is 0 Å². The SMILES string of the molecule is COCCNC(=O)c1ccc(-c2cnc(N)c(C(=O)Nc3ccncc3)c2)cc1. The summed E-state index contributed by atoms with van der Waals surface area (Å²) >= 11 is 0. The first-order chi connectivity index (χ1) is 14.1. The van der Waals surface area contributed by atoms with Gasteiger partial charge in [0.05, 0.1) is 12.2 Å². The monoisotopic (exact) mass is 391 g/mol. The largest absolute Gasteiger partial charge is 0.383 e. The summed E-state index contributed by atoms with van der Waals surface area (Å²) in [4.78, 5) is 32.7. The van der Waals surface area contributed by atoms with Gasteiger partial charge in [-0.05, 0) is 35.9 Å². The molecule has 2 aromatic heterocycles. The standard InChI is InChI=1S/C21H21N5O3/c1-29-11-10-24-20(27)15-4-2-14(3-5-15)16-12-18(19(22)25-13-16)21(28)26-17-6-8-23-9-7-17/h2-9,12-13H,10-11H2,1H3,(H2,22,25)(H,24,27)(H,23,26,28). The van der Waals surface area contributed by atoms with E-state index in [1.54, 1.807) is 68.2 Å². The molecule has 0 aliphatic carbocycles. The van der Waals surface area contributed by atoms with Crippen LogP contribution < -0.4 is 16.4 Å². The van der Waals surface area contributed by atoms with Crippen LogP contribution in [0.5, 0.6) is 0 Å². The molecule has 0 saturated carbocycles. The Bertz CT molecular complexity index is 991. The van der Waals surface area contributed by atoms with Crippen molar-refractivity contribution in [2.75, 3.05) is 31.3 Å². The summed E-state index contributed by atoms with van der Waals surface area (Å²) in [5.41, 5.74) is 8.82. The Balaban J connectivity index is 1.76. The van der Waals surface area contributed by atoms with Crippen molar-refractivity contribution in [3.8, 4) is 11.1 Å². The van der Waals surface area contributed by atoms with Crippen molar-refractivity contribution < 1.29 is 14.3 Å². The van der Waals surface area contributed by atoms with Crippen molar-refractivity contribution in [1.29, 1.82) is 0 Å². The molecule has 3 aromatic rings. The average Bonchev–Trinajstić information content (AvgIpc) is 2.75. The van der Waals surface area contributed by atoms with E-state index in [0.717, 1.165) is 5.56 Å². The van der Waals surface area contributed by atoms with Gasteiger partial charge in [0, 0.05) is 49.1 Å². The Labute approximate surface area is 168 Å². The molecule has 0 saturated heterocycles. The van der Waals surface area contributed by atoms with Gasteiger partial charge in [-0.15, -0.1) is 0 Å². The molecule has 8 heteroatoms. The summed E-state index contributed by atoms with van der Waals surface area (Å²) in [6, 6.07) is 12.1. The first-order valence-electron chi connectivity index (χ1n) is 8.93. The quantitative estimate of drug-likeness (QED) is 0.532. The van der Waals surface area contributed by atoms with Crippen LogP contribution >= 0.6 is 0 Å². The molecule has 0 fully saturated rings. The molecule has 0 aliphatic heterocycles. The number of rotatable bonds is 7. The minimum Gasteiger partial charge on any atom is -0.383 e. The van der Waals surface area contributed by atoms with Gasteiger partial charge in [-0.25, -0.2) is 4.98 Å². The van der Waals surface area contributed by atoms with Gasteiger partial charge in [0.2, 0.25) is 0 Å². The lowest BCUT2D eigenvalue weighted by molar-refractivity contribution is 0.0936. The zero-order valence-electron chi connectivity index (χ0n) is 15.9. The van der Waals surface area contributed by atoms with Crippen LogP contribution in [0.15, 0.2) is 61.1 Å². The van der Waals surface area contributed by atoms with Gasteiger partial charge in [0.1, 0.15) is 5.82 Å². The molecule has 8 nitrogen and oxygen atoms in total. The second kappa shape index (κ2) is 9.43. The van der Waals surface area contributed by atoms with Crippen LogP contribution in [-0.2, 0) is 4.74 Å². The summed E-state index contributed by atoms with van der Waals surface area (Å²) in [6.45, 7) is 0.889. The third-order valence-electron chi connectivity index (χ3n) is 4.17. The van der Waals surface area contributed by atoms with E-state index >= 15 is 0 Å². The van der Waals surface area contributed by atoms with Gasteiger partial charge >= 0.3 is 0 Å². The number of nitrogens with two attached hydrogens (primary N) is 1. The lowest BCUT2D eigenvalue weighted by atomic mass is 10.0. The molecule has 2 heterocycles. The maximum atomic E-state index is 12.6. The number of carbonyl (C=O) groups excluding carboxylic acids is 2. The molecule has 0 unspecified atom stereocenters. The molecule has 0 bridgehead atoms. The number of hydrogen-bond donors (Lipinski definition) is 3. The van der Waals surface area contributed by atoms with Crippen molar-refractivity contribution in [1.82, 2.24) is 15.3 Å². The molecule has 0 radical (unpaired) electrons. The molecule has 2 amide bonds. The van der Waals surface area contributed by atoms with E-state index in [4.69, 9.17) is 10.5 Å². The molecular formula is C21H21N5O3. The van der Waals surface area contributed by atoms with Gasteiger partial charge in [-0.3, -0.25) is 14.6 Å². The molecule has 0 aliphatic rings. The summed E-state index contributed by atoms with van der Waals surface area (Å²) in [5, 5.41) is 5.53. The zero-order chi connectivity index (χ0) is 20.6. The van der Waals surface area contributed by atoms with E-state index in [1.807, 2.05) is 0 Å².